The molecule has 0 aromatic heterocycles. The Hall–Kier alpha value is -0.0800. The van der Waals surface area contributed by atoms with Crippen LogP contribution in [0.15, 0.2) is 0 Å². The van der Waals surface area contributed by atoms with E-state index in [2.05, 4.69) is 37.9 Å². The van der Waals surface area contributed by atoms with Gasteiger partial charge >= 0.3 is 0 Å². The maximum atomic E-state index is 3.65. The van der Waals surface area contributed by atoms with Gasteiger partial charge in [0.25, 0.3) is 0 Å². The average molecular weight is 212 g/mol. The molecule has 0 amide bonds. The summed E-state index contributed by atoms with van der Waals surface area (Å²) >= 11 is 0. The summed E-state index contributed by atoms with van der Waals surface area (Å²) in [5.41, 5.74) is 0. The molecule has 2 atom stereocenters. The lowest BCUT2D eigenvalue weighted by molar-refractivity contribution is 0.162. The summed E-state index contributed by atoms with van der Waals surface area (Å²) in [6, 6.07) is 2.30. The molecule has 90 valence electrons. The quantitative estimate of drug-likeness (QED) is 0.728. The van der Waals surface area contributed by atoms with Crippen LogP contribution >= 0.6 is 0 Å². The van der Waals surface area contributed by atoms with Crippen LogP contribution in [0.1, 0.15) is 53.4 Å². The van der Waals surface area contributed by atoms with E-state index in [1.165, 1.54) is 38.8 Å². The van der Waals surface area contributed by atoms with E-state index in [0.29, 0.717) is 6.04 Å². The molecule has 2 heteroatoms. The second kappa shape index (κ2) is 6.49. The molecule has 0 aliphatic heterocycles. The Morgan fingerprint density at radius 1 is 1.27 bits per heavy atom. The predicted molar refractivity (Wildman–Crippen MR) is 67.2 cm³/mol. The van der Waals surface area contributed by atoms with Crippen LogP contribution < -0.4 is 5.32 Å². The minimum absolute atomic E-state index is 0.699. The van der Waals surface area contributed by atoms with E-state index >= 15 is 0 Å². The van der Waals surface area contributed by atoms with Gasteiger partial charge in [-0.25, -0.2) is 0 Å². The van der Waals surface area contributed by atoms with Crippen molar-refractivity contribution in [2.45, 2.75) is 71.5 Å². The van der Waals surface area contributed by atoms with Crippen LogP contribution in [-0.2, 0) is 0 Å². The van der Waals surface area contributed by atoms with Gasteiger partial charge in [0, 0.05) is 18.1 Å². The fraction of sp³-hybridized carbons (Fsp3) is 1.00. The molecule has 0 bridgehead atoms. The van der Waals surface area contributed by atoms with E-state index < -0.39 is 0 Å². The van der Waals surface area contributed by atoms with Gasteiger partial charge in [0.1, 0.15) is 0 Å². The third-order valence-electron chi connectivity index (χ3n) is 3.59. The molecule has 0 aromatic rings. The second-order valence-electron chi connectivity index (χ2n) is 5.04. The van der Waals surface area contributed by atoms with E-state index in [0.717, 1.165) is 12.1 Å². The highest BCUT2D eigenvalue weighted by atomic mass is 15.2. The lowest BCUT2D eigenvalue weighted by atomic mass is 10.1. The first-order valence-corrected chi connectivity index (χ1v) is 6.68. The number of nitrogens with one attached hydrogen (secondary N) is 1. The maximum absolute atomic E-state index is 3.65. The Morgan fingerprint density at radius 2 is 2.00 bits per heavy atom. The summed E-state index contributed by atoms with van der Waals surface area (Å²) in [6.07, 6.45) is 5.36. The van der Waals surface area contributed by atoms with Crippen LogP contribution in [0, 0.1) is 0 Å². The zero-order valence-corrected chi connectivity index (χ0v) is 10.9. The molecule has 0 spiro atoms. The molecule has 2 unspecified atom stereocenters. The van der Waals surface area contributed by atoms with Gasteiger partial charge < -0.3 is 5.32 Å². The van der Waals surface area contributed by atoms with Gasteiger partial charge in [-0.2, -0.15) is 0 Å². The molecule has 1 rings (SSSR count). The Kier molecular flexibility index (Phi) is 5.62. The molecule has 1 saturated carbocycles. The summed E-state index contributed by atoms with van der Waals surface area (Å²) < 4.78 is 0. The fourth-order valence-electron chi connectivity index (χ4n) is 2.84. The maximum Gasteiger partial charge on any atom is 0.0113 e. The van der Waals surface area contributed by atoms with Crippen molar-refractivity contribution in [3.8, 4) is 0 Å². The Labute approximate surface area is 95.4 Å². The zero-order chi connectivity index (χ0) is 11.3. The molecule has 1 aliphatic rings. The van der Waals surface area contributed by atoms with Crippen molar-refractivity contribution in [1.29, 1.82) is 0 Å². The number of hydrogen-bond acceptors (Lipinski definition) is 2. The van der Waals surface area contributed by atoms with Crippen molar-refractivity contribution in [1.82, 2.24) is 10.2 Å². The SMILES string of the molecule is CCCNC1CCC(N(CC)C(C)C)C1. The molecule has 1 N–H and O–H groups in total. The smallest absolute Gasteiger partial charge is 0.0113 e. The van der Waals surface area contributed by atoms with Crippen molar-refractivity contribution < 1.29 is 0 Å². The van der Waals surface area contributed by atoms with Gasteiger partial charge in [-0.05, 0) is 52.6 Å². The molecule has 1 fully saturated rings. The topological polar surface area (TPSA) is 15.3 Å². The van der Waals surface area contributed by atoms with Gasteiger partial charge in [-0.15, -0.1) is 0 Å². The van der Waals surface area contributed by atoms with Crippen LogP contribution in [0.25, 0.3) is 0 Å². The van der Waals surface area contributed by atoms with E-state index in [1.807, 2.05) is 0 Å². The Balaban J connectivity index is 2.33. The first-order chi connectivity index (χ1) is 7.19. The molecule has 0 saturated heterocycles. The third kappa shape index (κ3) is 3.76. The zero-order valence-electron chi connectivity index (χ0n) is 10.9. The van der Waals surface area contributed by atoms with Crippen molar-refractivity contribution in [2.75, 3.05) is 13.1 Å². The van der Waals surface area contributed by atoms with Crippen LogP contribution in [-0.4, -0.2) is 36.1 Å². The van der Waals surface area contributed by atoms with Crippen LogP contribution in [0.3, 0.4) is 0 Å². The second-order valence-corrected chi connectivity index (χ2v) is 5.04. The molecular weight excluding hydrogens is 184 g/mol. The van der Waals surface area contributed by atoms with Gasteiger partial charge in [-0.3, -0.25) is 4.90 Å². The van der Waals surface area contributed by atoms with Crippen molar-refractivity contribution in [2.24, 2.45) is 0 Å². The summed E-state index contributed by atoms with van der Waals surface area (Å²) in [6.45, 7) is 11.5. The predicted octanol–water partition coefficient (Wildman–Crippen LogP) is 2.64. The van der Waals surface area contributed by atoms with E-state index in [-0.39, 0.29) is 0 Å². The minimum atomic E-state index is 0.699. The number of nitrogens with zero attached hydrogens (tertiary/aromatic N) is 1. The fourth-order valence-corrected chi connectivity index (χ4v) is 2.84. The monoisotopic (exact) mass is 212 g/mol. The first-order valence-electron chi connectivity index (χ1n) is 6.68. The van der Waals surface area contributed by atoms with Crippen molar-refractivity contribution in [3.63, 3.8) is 0 Å². The Bertz CT molecular complexity index is 168. The molecule has 0 radical (unpaired) electrons. The van der Waals surface area contributed by atoms with Gasteiger partial charge in [-0.1, -0.05) is 13.8 Å². The minimum Gasteiger partial charge on any atom is -0.314 e. The molecular formula is C13H28N2. The van der Waals surface area contributed by atoms with E-state index in [9.17, 15) is 0 Å². The number of rotatable bonds is 6. The molecule has 0 aromatic carbocycles. The third-order valence-corrected chi connectivity index (χ3v) is 3.59. The molecule has 2 nitrogen and oxygen atoms in total. The van der Waals surface area contributed by atoms with Crippen LogP contribution in [0.4, 0.5) is 0 Å². The highest BCUT2D eigenvalue weighted by molar-refractivity contribution is 4.87. The average Bonchev–Trinajstić information content (AvgIpc) is 2.64. The van der Waals surface area contributed by atoms with Crippen molar-refractivity contribution in [3.05, 3.63) is 0 Å². The summed E-state index contributed by atoms with van der Waals surface area (Å²) in [4.78, 5) is 2.65. The molecule has 15 heavy (non-hydrogen) atoms. The lowest BCUT2D eigenvalue weighted by Crippen LogP contribution is -2.40. The van der Waals surface area contributed by atoms with Crippen LogP contribution in [0.5, 0.6) is 0 Å². The van der Waals surface area contributed by atoms with E-state index in [4.69, 9.17) is 0 Å². The summed E-state index contributed by atoms with van der Waals surface area (Å²) in [5.74, 6) is 0. The van der Waals surface area contributed by atoms with Gasteiger partial charge in [0.2, 0.25) is 0 Å². The highest BCUT2D eigenvalue weighted by Gasteiger charge is 2.29. The summed E-state index contributed by atoms with van der Waals surface area (Å²) in [5, 5.41) is 3.65. The molecule has 0 heterocycles. The van der Waals surface area contributed by atoms with E-state index in [1.54, 1.807) is 0 Å². The van der Waals surface area contributed by atoms with Gasteiger partial charge in [0.15, 0.2) is 0 Å². The lowest BCUT2D eigenvalue weighted by Gasteiger charge is -2.31. The highest BCUT2D eigenvalue weighted by Crippen LogP contribution is 2.25. The summed E-state index contributed by atoms with van der Waals surface area (Å²) in [7, 11) is 0. The van der Waals surface area contributed by atoms with Crippen LogP contribution in [0.2, 0.25) is 0 Å². The normalized spacial score (nSPS) is 26.8. The van der Waals surface area contributed by atoms with Gasteiger partial charge in [0.05, 0.1) is 0 Å². The van der Waals surface area contributed by atoms with Crippen molar-refractivity contribution >= 4 is 0 Å². The largest absolute Gasteiger partial charge is 0.314 e. The number of hydrogen-bond donors (Lipinski definition) is 1. The first kappa shape index (κ1) is 13.0. The Morgan fingerprint density at radius 3 is 2.53 bits per heavy atom. The molecule has 1 aliphatic carbocycles. The standard InChI is InChI=1S/C13H28N2/c1-5-9-14-12-7-8-13(10-12)15(6-2)11(3)4/h11-14H,5-10H2,1-4H3.